The van der Waals surface area contributed by atoms with Crippen molar-refractivity contribution in [2.24, 2.45) is 0 Å². The molecule has 0 bridgehead atoms. The molecule has 0 radical (unpaired) electrons. The van der Waals surface area contributed by atoms with Crippen LogP contribution in [0.4, 0.5) is 0 Å². The summed E-state index contributed by atoms with van der Waals surface area (Å²) in [5, 5.41) is 5.52. The molecular weight excluding hydrogens is 472 g/mol. The van der Waals surface area contributed by atoms with Crippen molar-refractivity contribution in [3.63, 3.8) is 0 Å². The minimum absolute atomic E-state index is 0.0368. The van der Waals surface area contributed by atoms with Crippen molar-refractivity contribution in [2.45, 2.75) is 56.5 Å². The van der Waals surface area contributed by atoms with Crippen molar-refractivity contribution >= 4 is 33.3 Å². The normalized spacial score (nSPS) is 12.9. The predicted molar refractivity (Wildman–Crippen MR) is 132 cm³/mol. The molecule has 8 nitrogen and oxygen atoms in total. The highest BCUT2D eigenvalue weighted by molar-refractivity contribution is 7.98. The van der Waals surface area contributed by atoms with E-state index in [9.17, 15) is 4.79 Å². The van der Waals surface area contributed by atoms with Gasteiger partial charge in [0.2, 0.25) is 5.89 Å². The first-order valence-corrected chi connectivity index (χ1v) is 13.1. The number of hydrogen-bond acceptors (Lipinski definition) is 9. The Morgan fingerprint density at radius 2 is 2.03 bits per heavy atom. The van der Waals surface area contributed by atoms with E-state index in [1.165, 1.54) is 22.2 Å². The zero-order chi connectivity index (χ0) is 23.7. The lowest BCUT2D eigenvalue weighted by molar-refractivity contribution is 0.354. The maximum absolute atomic E-state index is 13.7. The molecule has 5 rings (SSSR count). The summed E-state index contributed by atoms with van der Waals surface area (Å²) >= 11 is 3.13. The van der Waals surface area contributed by atoms with Crippen LogP contribution in [0.1, 0.15) is 41.1 Å². The van der Waals surface area contributed by atoms with Crippen LogP contribution >= 0.6 is 23.1 Å². The Hall–Kier alpha value is -2.85. The number of benzene rings is 1. The fourth-order valence-electron chi connectivity index (χ4n) is 4.26. The molecule has 0 spiro atoms. The van der Waals surface area contributed by atoms with Gasteiger partial charge < -0.3 is 14.0 Å². The predicted octanol–water partition coefficient (Wildman–Crippen LogP) is 4.44. The highest BCUT2D eigenvalue weighted by atomic mass is 32.2. The molecule has 3 heterocycles. The van der Waals surface area contributed by atoms with Crippen LogP contribution < -0.4 is 15.0 Å². The van der Waals surface area contributed by atoms with Crippen LogP contribution in [0, 0.1) is 0 Å². The molecule has 0 unspecified atom stereocenters. The van der Waals surface area contributed by atoms with Crippen molar-refractivity contribution in [3.8, 4) is 11.5 Å². The van der Waals surface area contributed by atoms with Crippen LogP contribution in [0.2, 0.25) is 0 Å². The Balaban J connectivity index is 1.48. The summed E-state index contributed by atoms with van der Waals surface area (Å²) < 4.78 is 17.8. The largest absolute Gasteiger partial charge is 0.493 e. The van der Waals surface area contributed by atoms with Gasteiger partial charge in [-0.3, -0.25) is 9.36 Å². The van der Waals surface area contributed by atoms with Crippen LogP contribution in [0.3, 0.4) is 0 Å². The minimum Gasteiger partial charge on any atom is -0.493 e. The van der Waals surface area contributed by atoms with Gasteiger partial charge in [-0.05, 0) is 48.9 Å². The number of thiophene rings is 1. The summed E-state index contributed by atoms with van der Waals surface area (Å²) in [6.07, 6.45) is 4.45. The van der Waals surface area contributed by atoms with E-state index in [1.54, 1.807) is 30.1 Å². The highest BCUT2D eigenvalue weighted by Gasteiger charge is 2.23. The lowest BCUT2D eigenvalue weighted by atomic mass is 10.1. The van der Waals surface area contributed by atoms with Crippen LogP contribution in [0.15, 0.2) is 32.7 Å². The first kappa shape index (κ1) is 22.9. The minimum atomic E-state index is 0.0368. The van der Waals surface area contributed by atoms with E-state index in [2.05, 4.69) is 10.1 Å². The van der Waals surface area contributed by atoms with Crippen molar-refractivity contribution < 1.29 is 14.0 Å². The fourth-order valence-corrected chi connectivity index (χ4v) is 6.44. The third-order valence-corrected chi connectivity index (χ3v) is 8.16. The molecule has 10 heteroatoms. The monoisotopic (exact) mass is 498 g/mol. The molecule has 178 valence electrons. The molecule has 0 N–H and O–H groups in total. The number of aryl methyl sites for hydroxylation is 4. The topological polar surface area (TPSA) is 92.3 Å². The van der Waals surface area contributed by atoms with E-state index in [-0.39, 0.29) is 5.56 Å². The zero-order valence-corrected chi connectivity index (χ0v) is 21.1. The molecule has 0 atom stereocenters. The van der Waals surface area contributed by atoms with Gasteiger partial charge in [-0.25, -0.2) is 4.98 Å². The number of aromatic nitrogens is 4. The molecule has 0 aliphatic heterocycles. The molecule has 1 aromatic carbocycles. The summed E-state index contributed by atoms with van der Waals surface area (Å²) in [5.41, 5.74) is 2.29. The smallest absolute Gasteiger partial charge is 0.263 e. The molecule has 0 fully saturated rings. The third-order valence-electron chi connectivity index (χ3n) is 6.00. The number of thioether (sulfide) groups is 1. The van der Waals surface area contributed by atoms with Crippen LogP contribution in [-0.4, -0.2) is 33.9 Å². The first-order chi connectivity index (χ1) is 16.6. The number of ether oxygens (including phenoxy) is 2. The van der Waals surface area contributed by atoms with Gasteiger partial charge in [-0.1, -0.05) is 29.9 Å². The average Bonchev–Trinajstić information content (AvgIpc) is 3.58. The Morgan fingerprint density at radius 1 is 1.18 bits per heavy atom. The van der Waals surface area contributed by atoms with E-state index in [0.717, 1.165) is 35.0 Å². The van der Waals surface area contributed by atoms with Gasteiger partial charge in [0.1, 0.15) is 4.83 Å². The maximum Gasteiger partial charge on any atom is 0.263 e. The number of rotatable bonds is 9. The Morgan fingerprint density at radius 3 is 2.79 bits per heavy atom. The Labute approximate surface area is 205 Å². The summed E-state index contributed by atoms with van der Waals surface area (Å²) in [4.78, 5) is 25.2. The first-order valence-electron chi connectivity index (χ1n) is 11.3. The number of methoxy groups -OCH3 is 2. The van der Waals surface area contributed by atoms with Crippen molar-refractivity contribution in [1.29, 1.82) is 0 Å². The van der Waals surface area contributed by atoms with Crippen molar-refractivity contribution in [2.75, 3.05) is 14.2 Å². The van der Waals surface area contributed by atoms with E-state index < -0.39 is 0 Å². The van der Waals surface area contributed by atoms with Gasteiger partial charge in [0, 0.05) is 17.8 Å². The molecule has 0 saturated heterocycles. The van der Waals surface area contributed by atoms with E-state index in [4.69, 9.17) is 19.0 Å². The lowest BCUT2D eigenvalue weighted by Gasteiger charge is -2.13. The zero-order valence-electron chi connectivity index (χ0n) is 19.4. The second-order valence-corrected chi connectivity index (χ2v) is 10.1. The van der Waals surface area contributed by atoms with Crippen LogP contribution in [0.25, 0.3) is 10.2 Å². The van der Waals surface area contributed by atoms with Gasteiger partial charge >= 0.3 is 0 Å². The number of hydrogen-bond donors (Lipinski definition) is 0. The van der Waals surface area contributed by atoms with E-state index in [1.807, 2.05) is 25.1 Å². The SMILES string of the molecule is CCc1nc(CSc2nc3sc4c(c3c(=O)n2CCc2ccc(OC)c(OC)c2)CCC4)no1. The third kappa shape index (κ3) is 4.32. The molecule has 34 heavy (non-hydrogen) atoms. The van der Waals surface area contributed by atoms with Crippen molar-refractivity contribution in [3.05, 3.63) is 56.3 Å². The van der Waals surface area contributed by atoms with Gasteiger partial charge in [0.15, 0.2) is 22.5 Å². The van der Waals surface area contributed by atoms with Crippen LogP contribution in [0.5, 0.6) is 11.5 Å². The summed E-state index contributed by atoms with van der Waals surface area (Å²) in [5.74, 6) is 3.07. The number of fused-ring (bicyclic) bond motifs is 3. The van der Waals surface area contributed by atoms with Gasteiger partial charge in [-0.2, -0.15) is 4.98 Å². The maximum atomic E-state index is 13.7. The molecule has 3 aromatic heterocycles. The van der Waals surface area contributed by atoms with E-state index in [0.29, 0.717) is 53.5 Å². The quantitative estimate of drug-likeness (QED) is 0.247. The van der Waals surface area contributed by atoms with Gasteiger partial charge in [-0.15, -0.1) is 11.3 Å². The van der Waals surface area contributed by atoms with Crippen molar-refractivity contribution in [1.82, 2.24) is 19.7 Å². The van der Waals surface area contributed by atoms with E-state index >= 15 is 0 Å². The highest BCUT2D eigenvalue weighted by Crippen LogP contribution is 2.36. The van der Waals surface area contributed by atoms with Gasteiger partial charge in [0.25, 0.3) is 5.56 Å². The summed E-state index contributed by atoms with van der Waals surface area (Å²) in [6.45, 7) is 2.48. The molecular formula is C24H26N4O4S2. The second kappa shape index (κ2) is 9.79. The fraction of sp³-hybridized carbons (Fsp3) is 0.417. The molecule has 4 aromatic rings. The molecule has 1 aliphatic rings. The average molecular weight is 499 g/mol. The molecule has 1 aliphatic carbocycles. The summed E-state index contributed by atoms with van der Waals surface area (Å²) in [7, 11) is 3.24. The number of nitrogens with zero attached hydrogens (tertiary/aromatic N) is 4. The lowest BCUT2D eigenvalue weighted by Crippen LogP contribution is -2.24. The molecule has 0 saturated carbocycles. The Bertz CT molecular complexity index is 1390. The standard InChI is InChI=1S/C24H26N4O4S2/c1-4-20-25-19(27-32-20)13-33-24-26-22-21(15-6-5-7-18(15)34-22)23(29)28(24)11-10-14-8-9-16(30-2)17(12-14)31-3/h8-9,12H,4-7,10-11,13H2,1-3H3. The Kier molecular flexibility index (Phi) is 6.60. The van der Waals surface area contributed by atoms with Crippen LogP contribution in [-0.2, 0) is 38.0 Å². The molecule has 0 amide bonds. The van der Waals surface area contributed by atoms with Gasteiger partial charge in [0.05, 0.1) is 25.4 Å². The summed E-state index contributed by atoms with van der Waals surface area (Å²) in [6, 6.07) is 5.84. The second-order valence-electron chi connectivity index (χ2n) is 8.07.